The number of aromatic hydroxyl groups is 2. The van der Waals surface area contributed by atoms with Crippen LogP contribution in [0.2, 0.25) is 0 Å². The third kappa shape index (κ3) is 8.64. The molecule has 11 atom stereocenters. The fraction of sp³-hybridized carbons (Fsp3) is 0.500. The highest BCUT2D eigenvalue weighted by Gasteiger charge is 2.51. The first-order chi connectivity index (χ1) is 24.9. The summed E-state index contributed by atoms with van der Waals surface area (Å²) in [6.45, 7) is 1.64. The van der Waals surface area contributed by atoms with Gasteiger partial charge in [-0.05, 0) is 38.1 Å². The molecule has 0 radical (unpaired) electrons. The van der Waals surface area contributed by atoms with Crippen LogP contribution in [0.4, 0.5) is 0 Å². The molecule has 3 aromatic rings. The van der Waals surface area contributed by atoms with Crippen LogP contribution in [-0.2, 0) is 28.5 Å². The van der Waals surface area contributed by atoms with Gasteiger partial charge >= 0.3 is 11.9 Å². The second-order valence-electron chi connectivity index (χ2n) is 13.0. The molecule has 0 aliphatic carbocycles. The predicted octanol–water partition coefficient (Wildman–Crippen LogP) is -0.923. The van der Waals surface area contributed by atoms with Crippen molar-refractivity contribution < 1.29 is 88.4 Å². The minimum absolute atomic E-state index is 0.124. The van der Waals surface area contributed by atoms with Gasteiger partial charge in [0.2, 0.25) is 17.5 Å². The zero-order valence-electron chi connectivity index (χ0n) is 28.5. The summed E-state index contributed by atoms with van der Waals surface area (Å²) < 4.78 is 39.5. The number of ether oxygens (including phenoxy) is 6. The molecule has 1 unspecified atom stereocenters. The Morgan fingerprint density at radius 1 is 0.887 bits per heavy atom. The third-order valence-corrected chi connectivity index (χ3v) is 8.72. The van der Waals surface area contributed by atoms with Crippen molar-refractivity contribution in [3.8, 4) is 34.3 Å². The van der Waals surface area contributed by atoms with E-state index in [4.69, 9.17) is 37.9 Å². The van der Waals surface area contributed by atoms with Crippen LogP contribution in [0, 0.1) is 0 Å². The zero-order chi connectivity index (χ0) is 38.9. The monoisotopic (exact) mass is 752 g/mol. The van der Waals surface area contributed by atoms with Crippen molar-refractivity contribution in [3.05, 3.63) is 46.6 Å². The third-order valence-electron chi connectivity index (χ3n) is 8.72. The molecule has 1 aromatic heterocycles. The normalized spacial score (nSPS) is 30.0. The van der Waals surface area contributed by atoms with E-state index >= 15 is 0 Å². The molecule has 2 aliphatic heterocycles. The lowest BCUT2D eigenvalue weighted by molar-refractivity contribution is -0.354. The average Bonchev–Trinajstić information content (AvgIpc) is 3.08. The Labute approximate surface area is 299 Å². The fourth-order valence-electron chi connectivity index (χ4n) is 5.89. The molecule has 3 heterocycles. The maximum absolute atomic E-state index is 14.1. The van der Waals surface area contributed by atoms with Gasteiger partial charge in [-0.15, -0.1) is 0 Å². The minimum atomic E-state index is -2.04. The van der Waals surface area contributed by atoms with E-state index in [-0.39, 0.29) is 33.8 Å². The average molecular weight is 753 g/mol. The topological polar surface area (TPSA) is 302 Å². The molecule has 0 bridgehead atoms. The summed E-state index contributed by atoms with van der Waals surface area (Å²) in [5.41, 5.74) is -2.98. The quantitative estimate of drug-likeness (QED) is 0.101. The lowest BCUT2D eigenvalue weighted by Crippen LogP contribution is -2.64. The van der Waals surface area contributed by atoms with Crippen LogP contribution in [0.5, 0.6) is 23.0 Å². The predicted molar refractivity (Wildman–Crippen MR) is 175 cm³/mol. The van der Waals surface area contributed by atoms with Crippen LogP contribution in [0.25, 0.3) is 22.3 Å². The van der Waals surface area contributed by atoms with Gasteiger partial charge in [-0.25, -0.2) is 0 Å². The number of rotatable bonds is 12. The van der Waals surface area contributed by atoms with E-state index in [0.29, 0.717) is 0 Å². The number of carboxylic acids is 1. The number of fused-ring (bicyclic) bond motifs is 1. The summed E-state index contributed by atoms with van der Waals surface area (Å²) in [4.78, 5) is 37.7. The number of carbonyl (C=O) groups is 2. The molecule has 53 heavy (non-hydrogen) atoms. The van der Waals surface area contributed by atoms with Crippen LogP contribution >= 0.6 is 0 Å². The van der Waals surface area contributed by atoms with Crippen LogP contribution in [0.3, 0.4) is 0 Å². The molecule has 9 N–H and O–H groups in total. The summed E-state index contributed by atoms with van der Waals surface area (Å²) in [5.74, 6) is -4.03. The van der Waals surface area contributed by atoms with E-state index in [1.807, 2.05) is 0 Å². The second kappa shape index (κ2) is 15.8. The first-order valence-corrected chi connectivity index (χ1v) is 16.2. The molecule has 2 aromatic carbocycles. The number of benzene rings is 2. The molecule has 2 saturated heterocycles. The van der Waals surface area contributed by atoms with Crippen molar-refractivity contribution in [3.63, 3.8) is 0 Å². The number of phenols is 2. The number of aliphatic hydroxyl groups is 6. The van der Waals surface area contributed by atoms with Gasteiger partial charge in [0, 0.05) is 17.7 Å². The molecule has 2 fully saturated rings. The van der Waals surface area contributed by atoms with Gasteiger partial charge in [-0.3, -0.25) is 14.4 Å². The Morgan fingerprint density at radius 3 is 2.21 bits per heavy atom. The minimum Gasteiger partial charge on any atom is -0.508 e. The van der Waals surface area contributed by atoms with E-state index in [9.17, 15) is 55.2 Å². The van der Waals surface area contributed by atoms with Gasteiger partial charge in [0.1, 0.15) is 71.4 Å². The molecule has 2 aliphatic rings. The Hall–Kier alpha value is -4.57. The highest BCUT2D eigenvalue weighted by molar-refractivity contribution is 5.88. The molecule has 5 rings (SSSR count). The Morgan fingerprint density at radius 2 is 1.57 bits per heavy atom. The standard InChI is InChI=1S/C34H40O19/c1-13-23(40)26(43)28(45)32(49-13)53-31-27(44)24(41)19(12-48-21(39)11-34(2,46)10-20(37)38)51-33(31)52-30-25(42)22-17(36)8-16(47-3)9-18(22)50-29(30)14-4-6-15(35)7-5-14/h4-9,13,19,23-24,26-28,31-33,35-36,40-41,43-46H,10-12H2,1-3H3,(H,37,38)/t13-,19+,23-,24-,26+,27-,28+,31+,32-,33-,34?/m0/s1. The van der Waals surface area contributed by atoms with Crippen molar-refractivity contribution in [2.45, 2.75) is 93.7 Å². The summed E-state index contributed by atoms with van der Waals surface area (Å²) >= 11 is 0. The number of carboxylic acid groups (broad SMARTS) is 1. The molecule has 0 amide bonds. The van der Waals surface area contributed by atoms with E-state index < -0.39 is 115 Å². The van der Waals surface area contributed by atoms with Gasteiger partial charge in [0.05, 0.1) is 31.7 Å². The number of aliphatic carboxylic acids is 1. The first kappa shape index (κ1) is 39.6. The van der Waals surface area contributed by atoms with Crippen molar-refractivity contribution in [1.82, 2.24) is 0 Å². The van der Waals surface area contributed by atoms with Crippen molar-refractivity contribution in [2.75, 3.05) is 13.7 Å². The van der Waals surface area contributed by atoms with Crippen LogP contribution in [-0.4, -0.2) is 139 Å². The highest BCUT2D eigenvalue weighted by Crippen LogP contribution is 2.38. The number of phenolic OH excluding ortho intramolecular Hbond substituents is 2. The molecule has 19 heteroatoms. The summed E-state index contributed by atoms with van der Waals surface area (Å²) in [6.07, 6.45) is -19.2. The second-order valence-corrected chi connectivity index (χ2v) is 13.0. The van der Waals surface area contributed by atoms with Gasteiger partial charge < -0.3 is 78.8 Å². The van der Waals surface area contributed by atoms with Crippen molar-refractivity contribution in [1.29, 1.82) is 0 Å². The molecule has 290 valence electrons. The Balaban J connectivity index is 1.55. The van der Waals surface area contributed by atoms with E-state index in [2.05, 4.69) is 0 Å². The molecular weight excluding hydrogens is 712 g/mol. The summed E-state index contributed by atoms with van der Waals surface area (Å²) in [6, 6.07) is 7.72. The van der Waals surface area contributed by atoms with Crippen LogP contribution in [0.15, 0.2) is 45.6 Å². The number of hydrogen-bond donors (Lipinski definition) is 9. The SMILES string of the molecule is COc1cc(O)c2c(=O)c(O[C@@H]3O[C@H](COC(=O)CC(C)(O)CC(=O)O)[C@H](O)[C@H](O)[C@H]3O[C@@H]3O[C@@H](C)[C@H](O)[C@@H](O)[C@H]3O)c(-c3ccc(O)cc3)oc2c1. The zero-order valence-corrected chi connectivity index (χ0v) is 28.5. The number of esters is 1. The highest BCUT2D eigenvalue weighted by atomic mass is 16.8. The van der Waals surface area contributed by atoms with Crippen LogP contribution in [0.1, 0.15) is 26.7 Å². The lowest BCUT2D eigenvalue weighted by Gasteiger charge is -2.45. The number of carbonyl (C=O) groups excluding carboxylic acids is 1. The van der Waals surface area contributed by atoms with Gasteiger partial charge in [0.15, 0.2) is 18.2 Å². The molecule has 0 spiro atoms. The van der Waals surface area contributed by atoms with Crippen molar-refractivity contribution >= 4 is 22.9 Å². The molecule has 19 nitrogen and oxygen atoms in total. The number of methoxy groups -OCH3 is 1. The Kier molecular flexibility index (Phi) is 11.8. The van der Waals surface area contributed by atoms with Gasteiger partial charge in [-0.1, -0.05) is 0 Å². The smallest absolute Gasteiger partial charge is 0.308 e. The van der Waals surface area contributed by atoms with E-state index in [1.54, 1.807) is 0 Å². The molecule has 0 saturated carbocycles. The molecular formula is C34H40O19. The number of aliphatic hydroxyl groups excluding tert-OH is 5. The van der Waals surface area contributed by atoms with Crippen LogP contribution < -0.4 is 14.9 Å². The maximum atomic E-state index is 14.1. The summed E-state index contributed by atoms with van der Waals surface area (Å²) in [7, 11) is 1.32. The Bertz CT molecular complexity index is 1840. The maximum Gasteiger partial charge on any atom is 0.308 e. The number of hydrogen-bond acceptors (Lipinski definition) is 18. The van der Waals surface area contributed by atoms with Crippen molar-refractivity contribution in [2.24, 2.45) is 0 Å². The lowest BCUT2D eigenvalue weighted by atomic mass is 9.97. The summed E-state index contributed by atoms with van der Waals surface area (Å²) in [5, 5.41) is 93.2. The van der Waals surface area contributed by atoms with Gasteiger partial charge in [-0.2, -0.15) is 0 Å². The van der Waals surface area contributed by atoms with Gasteiger partial charge in [0.25, 0.3) is 0 Å². The fourth-order valence-corrected chi connectivity index (χ4v) is 5.89. The first-order valence-electron chi connectivity index (χ1n) is 16.2. The van der Waals surface area contributed by atoms with E-state index in [1.165, 1.54) is 44.4 Å². The van der Waals surface area contributed by atoms with E-state index in [0.717, 1.165) is 13.0 Å². The largest absolute Gasteiger partial charge is 0.508 e.